The Labute approximate surface area is 164 Å². The zero-order valence-electron chi connectivity index (χ0n) is 15.1. The monoisotopic (exact) mass is 392 g/mol. The van der Waals surface area contributed by atoms with Crippen LogP contribution in [-0.4, -0.2) is 33.6 Å². The second kappa shape index (κ2) is 7.19. The molecule has 1 aliphatic rings. The number of carbonyl (C=O) groups is 1. The quantitative estimate of drug-likeness (QED) is 0.556. The van der Waals surface area contributed by atoms with Gasteiger partial charge < -0.3 is 23.7 Å². The van der Waals surface area contributed by atoms with E-state index in [9.17, 15) is 4.79 Å². The molecule has 0 saturated carbocycles. The third-order valence-corrected chi connectivity index (χ3v) is 4.36. The molecule has 0 radical (unpaired) electrons. The minimum Gasteiger partial charge on any atom is -0.486 e. The van der Waals surface area contributed by atoms with Gasteiger partial charge in [-0.3, -0.25) is 9.48 Å². The maximum atomic E-state index is 12.4. The molecular formula is C20H16N4O5. The van der Waals surface area contributed by atoms with Crippen molar-refractivity contribution in [2.24, 2.45) is 0 Å². The predicted molar refractivity (Wildman–Crippen MR) is 101 cm³/mol. The predicted octanol–water partition coefficient (Wildman–Crippen LogP) is 3.22. The Balaban J connectivity index is 1.21. The number of rotatable bonds is 5. The molecule has 1 aromatic carbocycles. The first-order valence-corrected chi connectivity index (χ1v) is 8.97. The molecule has 9 nitrogen and oxygen atoms in total. The van der Waals surface area contributed by atoms with Crippen LogP contribution in [0.15, 0.2) is 70.1 Å². The van der Waals surface area contributed by atoms with E-state index in [1.165, 1.54) is 12.3 Å². The van der Waals surface area contributed by atoms with Gasteiger partial charge in [-0.05, 0) is 24.3 Å². The van der Waals surface area contributed by atoms with Crippen molar-refractivity contribution in [1.82, 2.24) is 14.9 Å². The first kappa shape index (κ1) is 17.1. The second-order valence-corrected chi connectivity index (χ2v) is 6.46. The number of nitrogens with zero attached hydrogens (tertiary/aromatic N) is 3. The van der Waals surface area contributed by atoms with E-state index in [0.29, 0.717) is 36.1 Å². The second-order valence-electron chi connectivity index (χ2n) is 6.46. The van der Waals surface area contributed by atoms with Crippen molar-refractivity contribution in [3.8, 4) is 23.0 Å². The third-order valence-electron chi connectivity index (χ3n) is 4.36. The summed E-state index contributed by atoms with van der Waals surface area (Å²) in [6.07, 6.45) is 4.61. The summed E-state index contributed by atoms with van der Waals surface area (Å²) in [6.45, 7) is 0.907. The van der Waals surface area contributed by atoms with Crippen LogP contribution in [0.3, 0.4) is 0 Å². The number of furan rings is 1. The van der Waals surface area contributed by atoms with Gasteiger partial charge in [0.05, 0.1) is 24.7 Å². The van der Waals surface area contributed by atoms with E-state index in [2.05, 4.69) is 15.6 Å². The number of nitrogens with one attached hydrogen (secondary N) is 1. The highest BCUT2D eigenvalue weighted by atomic mass is 16.6. The molecule has 0 unspecified atom stereocenters. The average Bonchev–Trinajstić information content (AvgIpc) is 3.49. The van der Waals surface area contributed by atoms with Crippen LogP contribution in [0.2, 0.25) is 0 Å². The van der Waals surface area contributed by atoms with Crippen molar-refractivity contribution >= 4 is 11.6 Å². The number of ether oxygens (including phenoxy) is 2. The van der Waals surface area contributed by atoms with E-state index in [1.807, 2.05) is 24.3 Å². The first-order valence-electron chi connectivity index (χ1n) is 8.97. The molecule has 0 aliphatic carbocycles. The number of para-hydroxylation sites is 2. The van der Waals surface area contributed by atoms with Crippen LogP contribution in [0, 0.1) is 0 Å². The Morgan fingerprint density at radius 1 is 1.17 bits per heavy atom. The van der Waals surface area contributed by atoms with Gasteiger partial charge in [0.25, 0.3) is 5.91 Å². The normalized spacial score (nSPS) is 15.2. The number of amides is 1. The summed E-state index contributed by atoms with van der Waals surface area (Å²) in [6, 6.07) is 12.5. The maximum Gasteiger partial charge on any atom is 0.277 e. The van der Waals surface area contributed by atoms with Crippen molar-refractivity contribution in [2.45, 2.75) is 12.6 Å². The zero-order chi connectivity index (χ0) is 19.6. The molecule has 0 fully saturated rings. The molecule has 0 spiro atoms. The van der Waals surface area contributed by atoms with Crippen LogP contribution < -0.4 is 14.8 Å². The first-order chi connectivity index (χ1) is 14.2. The molecule has 0 bridgehead atoms. The molecule has 0 saturated heterocycles. The van der Waals surface area contributed by atoms with Crippen LogP contribution >= 0.6 is 0 Å². The number of hydrogen-bond donors (Lipinski definition) is 1. The fourth-order valence-corrected chi connectivity index (χ4v) is 3.00. The molecule has 1 N–H and O–H groups in total. The van der Waals surface area contributed by atoms with E-state index in [-0.39, 0.29) is 11.8 Å². The SMILES string of the molecule is O=C(Nc1cnn(C[C@H]2COc3ccccc3O2)c1)c1cc(-c2ccco2)on1. The lowest BCUT2D eigenvalue weighted by Gasteiger charge is -2.26. The lowest BCUT2D eigenvalue weighted by Crippen LogP contribution is -2.33. The van der Waals surface area contributed by atoms with Crippen LogP contribution in [0.4, 0.5) is 5.69 Å². The molecule has 146 valence electrons. The summed E-state index contributed by atoms with van der Waals surface area (Å²) in [7, 11) is 0. The molecule has 9 heteroatoms. The van der Waals surface area contributed by atoms with Crippen molar-refractivity contribution < 1.29 is 23.2 Å². The van der Waals surface area contributed by atoms with Gasteiger partial charge in [0, 0.05) is 12.3 Å². The Morgan fingerprint density at radius 2 is 2.07 bits per heavy atom. The average molecular weight is 392 g/mol. The van der Waals surface area contributed by atoms with Gasteiger partial charge in [-0.2, -0.15) is 5.10 Å². The van der Waals surface area contributed by atoms with Gasteiger partial charge in [0.2, 0.25) is 5.76 Å². The molecule has 4 heterocycles. The number of fused-ring (bicyclic) bond motifs is 1. The molecule has 1 aliphatic heterocycles. The van der Waals surface area contributed by atoms with Crippen LogP contribution in [0.25, 0.3) is 11.5 Å². The van der Waals surface area contributed by atoms with Crippen LogP contribution in [0.1, 0.15) is 10.5 Å². The fourth-order valence-electron chi connectivity index (χ4n) is 3.00. The summed E-state index contributed by atoms with van der Waals surface area (Å²) in [5.74, 6) is 1.92. The van der Waals surface area contributed by atoms with Gasteiger partial charge in [-0.1, -0.05) is 17.3 Å². The minimum atomic E-state index is -0.405. The highest BCUT2D eigenvalue weighted by molar-refractivity contribution is 6.03. The zero-order valence-corrected chi connectivity index (χ0v) is 15.1. The molecule has 4 aromatic rings. The van der Waals surface area contributed by atoms with Crippen LogP contribution in [-0.2, 0) is 6.54 Å². The highest BCUT2D eigenvalue weighted by Gasteiger charge is 2.22. The van der Waals surface area contributed by atoms with E-state index in [0.717, 1.165) is 5.75 Å². The van der Waals surface area contributed by atoms with E-state index >= 15 is 0 Å². The summed E-state index contributed by atoms with van der Waals surface area (Å²) in [5.41, 5.74) is 0.680. The van der Waals surface area contributed by atoms with Gasteiger partial charge in [-0.15, -0.1) is 0 Å². The molecule has 1 amide bonds. The van der Waals surface area contributed by atoms with Crippen molar-refractivity contribution in [3.63, 3.8) is 0 Å². The smallest absolute Gasteiger partial charge is 0.277 e. The lowest BCUT2D eigenvalue weighted by atomic mass is 10.2. The summed E-state index contributed by atoms with van der Waals surface area (Å²) in [5, 5.41) is 10.8. The van der Waals surface area contributed by atoms with Gasteiger partial charge in [0.1, 0.15) is 6.61 Å². The number of carbonyl (C=O) groups excluding carboxylic acids is 1. The highest BCUT2D eigenvalue weighted by Crippen LogP contribution is 2.31. The number of hydrogen-bond acceptors (Lipinski definition) is 7. The summed E-state index contributed by atoms with van der Waals surface area (Å²) < 4.78 is 23.7. The topological polar surface area (TPSA) is 105 Å². The Hall–Kier alpha value is -4.01. The fraction of sp³-hybridized carbons (Fsp3) is 0.150. The third kappa shape index (κ3) is 3.57. The maximum absolute atomic E-state index is 12.4. The summed E-state index contributed by atoms with van der Waals surface area (Å²) in [4.78, 5) is 12.4. The molecule has 5 rings (SSSR count). The Morgan fingerprint density at radius 3 is 2.93 bits per heavy atom. The van der Waals surface area contributed by atoms with Gasteiger partial charge >= 0.3 is 0 Å². The van der Waals surface area contributed by atoms with Gasteiger partial charge in [0.15, 0.2) is 29.1 Å². The lowest BCUT2D eigenvalue weighted by molar-refractivity contribution is 0.0759. The number of aromatic nitrogens is 3. The van der Waals surface area contributed by atoms with Crippen molar-refractivity contribution in [3.05, 3.63) is 66.8 Å². The minimum absolute atomic E-state index is 0.143. The van der Waals surface area contributed by atoms with Crippen molar-refractivity contribution in [2.75, 3.05) is 11.9 Å². The molecule has 1 atom stereocenters. The van der Waals surface area contributed by atoms with Crippen molar-refractivity contribution in [1.29, 1.82) is 0 Å². The molecule has 3 aromatic heterocycles. The number of anilines is 1. The standard InChI is InChI=1S/C20H16N4O5/c25-20(15-8-19(29-23-15)17-6-3-7-26-17)22-13-9-21-24(10-13)11-14-12-27-16-4-1-2-5-18(16)28-14/h1-10,14H,11-12H2,(H,22,25)/t14-/m0/s1. The van der Waals surface area contributed by atoms with Gasteiger partial charge in [-0.25, -0.2) is 0 Å². The van der Waals surface area contributed by atoms with E-state index in [4.69, 9.17) is 18.4 Å². The molecular weight excluding hydrogens is 376 g/mol. The van der Waals surface area contributed by atoms with E-state index < -0.39 is 5.91 Å². The molecule has 29 heavy (non-hydrogen) atoms. The van der Waals surface area contributed by atoms with E-state index in [1.54, 1.807) is 29.2 Å². The number of benzene rings is 1. The largest absolute Gasteiger partial charge is 0.486 e. The van der Waals surface area contributed by atoms with Crippen LogP contribution in [0.5, 0.6) is 11.5 Å². The summed E-state index contributed by atoms with van der Waals surface area (Å²) >= 11 is 0. The Kier molecular flexibility index (Phi) is 4.24. The Bertz CT molecular complexity index is 1130.